The molecule has 2 aliphatic heterocycles. The lowest BCUT2D eigenvalue weighted by atomic mass is 9.84. The summed E-state index contributed by atoms with van der Waals surface area (Å²) in [5.74, 6) is -0.954. The molecule has 1 unspecified atom stereocenters. The molecule has 2 amide bonds. The minimum absolute atomic E-state index is 0.0440. The second kappa shape index (κ2) is 8.75. The second-order valence-electron chi connectivity index (χ2n) is 9.30. The van der Waals surface area contributed by atoms with Crippen molar-refractivity contribution >= 4 is 51.7 Å². The molecule has 6 nitrogen and oxygen atoms in total. The summed E-state index contributed by atoms with van der Waals surface area (Å²) in [6, 6.07) is 19.3. The van der Waals surface area contributed by atoms with Gasteiger partial charge in [0.1, 0.15) is 5.58 Å². The molecule has 37 heavy (non-hydrogen) atoms. The number of amides is 2. The lowest BCUT2D eigenvalue weighted by Crippen LogP contribution is -2.53. The van der Waals surface area contributed by atoms with Gasteiger partial charge in [-0.1, -0.05) is 72.9 Å². The molecule has 1 atom stereocenters. The molecule has 0 aliphatic carbocycles. The van der Waals surface area contributed by atoms with Gasteiger partial charge in [0.05, 0.1) is 23.2 Å². The topological polar surface area (TPSA) is 70.8 Å². The number of anilines is 1. The summed E-state index contributed by atoms with van der Waals surface area (Å²) in [5, 5.41) is 1.12. The highest BCUT2D eigenvalue weighted by Crippen LogP contribution is 2.53. The second-order valence-corrected chi connectivity index (χ2v) is 10.1. The molecule has 0 radical (unpaired) electrons. The van der Waals surface area contributed by atoms with Crippen molar-refractivity contribution < 1.29 is 14.0 Å². The fraction of sp³-hybridized carbons (Fsp3) is 0.207. The van der Waals surface area contributed by atoms with Crippen LogP contribution in [0.15, 0.2) is 75.9 Å². The molecule has 8 heteroatoms. The van der Waals surface area contributed by atoms with Crippen LogP contribution in [-0.4, -0.2) is 23.3 Å². The summed E-state index contributed by atoms with van der Waals surface area (Å²) in [6.07, 6.45) is 1.45. The van der Waals surface area contributed by atoms with E-state index in [1.165, 1.54) is 11.0 Å². The minimum Gasteiger partial charge on any atom is -0.450 e. The van der Waals surface area contributed by atoms with Gasteiger partial charge in [0.15, 0.2) is 11.0 Å². The third kappa shape index (κ3) is 3.29. The highest BCUT2D eigenvalue weighted by atomic mass is 35.5. The molecule has 2 aliphatic rings. The number of para-hydroxylation sites is 1. The number of hydrogen-bond donors (Lipinski definition) is 0. The molecule has 3 heterocycles. The first kappa shape index (κ1) is 23.8. The van der Waals surface area contributed by atoms with Gasteiger partial charge in [-0.3, -0.25) is 14.4 Å². The number of unbranched alkanes of at least 4 members (excludes halogenated alkanes) is 1. The largest absolute Gasteiger partial charge is 0.450 e. The molecule has 6 rings (SSSR count). The van der Waals surface area contributed by atoms with E-state index in [9.17, 15) is 14.4 Å². The van der Waals surface area contributed by atoms with Crippen molar-refractivity contribution in [3.8, 4) is 0 Å². The normalized spacial score (nSPS) is 18.2. The summed E-state index contributed by atoms with van der Waals surface area (Å²) in [4.78, 5) is 45.7. The zero-order chi connectivity index (χ0) is 25.9. The molecule has 0 fully saturated rings. The van der Waals surface area contributed by atoms with Gasteiger partial charge in [0.25, 0.3) is 11.8 Å². The van der Waals surface area contributed by atoms with Gasteiger partial charge in [0.2, 0.25) is 5.76 Å². The van der Waals surface area contributed by atoms with E-state index in [0.29, 0.717) is 27.7 Å². The quantitative estimate of drug-likeness (QED) is 0.309. The molecule has 186 valence electrons. The molecule has 1 spiro atoms. The Hall–Kier alpha value is -3.61. The molecule has 0 saturated carbocycles. The van der Waals surface area contributed by atoms with Crippen LogP contribution in [-0.2, 0) is 16.9 Å². The Bertz CT molecular complexity index is 1660. The smallest absolute Gasteiger partial charge is 0.291 e. The Morgan fingerprint density at radius 1 is 0.946 bits per heavy atom. The van der Waals surface area contributed by atoms with Crippen molar-refractivity contribution in [3.63, 3.8) is 0 Å². The van der Waals surface area contributed by atoms with E-state index in [1.807, 2.05) is 49.4 Å². The molecule has 1 aromatic heterocycles. The number of hydrogen-bond acceptors (Lipinski definition) is 4. The predicted octanol–water partition coefficient (Wildman–Crippen LogP) is 6.15. The molecule has 3 aromatic carbocycles. The van der Waals surface area contributed by atoms with Crippen molar-refractivity contribution in [2.24, 2.45) is 0 Å². The Balaban J connectivity index is 1.66. The van der Waals surface area contributed by atoms with Crippen LogP contribution in [0.2, 0.25) is 10.0 Å². The van der Waals surface area contributed by atoms with E-state index in [1.54, 1.807) is 23.1 Å². The Morgan fingerprint density at radius 3 is 2.49 bits per heavy atom. The van der Waals surface area contributed by atoms with Crippen molar-refractivity contribution in [1.29, 1.82) is 0 Å². The van der Waals surface area contributed by atoms with Crippen LogP contribution in [0.5, 0.6) is 0 Å². The molecule has 0 saturated heterocycles. The average molecular weight is 533 g/mol. The highest BCUT2D eigenvalue weighted by molar-refractivity contribution is 6.31. The maximum atomic E-state index is 14.6. The van der Waals surface area contributed by atoms with Crippen LogP contribution < -0.4 is 10.3 Å². The van der Waals surface area contributed by atoms with Gasteiger partial charge in [-0.2, -0.15) is 0 Å². The summed E-state index contributed by atoms with van der Waals surface area (Å²) in [5.41, 5.74) is 0.170. The summed E-state index contributed by atoms with van der Waals surface area (Å²) in [6.45, 7) is 2.48. The van der Waals surface area contributed by atoms with Gasteiger partial charge >= 0.3 is 0 Å². The summed E-state index contributed by atoms with van der Waals surface area (Å²) < 4.78 is 6.04. The number of rotatable bonds is 5. The van der Waals surface area contributed by atoms with Gasteiger partial charge in [-0.15, -0.1) is 0 Å². The number of carbonyl (C=O) groups excluding carboxylic acids is 2. The molecular formula is C29H22Cl2N2O4. The number of benzene rings is 3. The van der Waals surface area contributed by atoms with Crippen LogP contribution in [0.3, 0.4) is 0 Å². The van der Waals surface area contributed by atoms with E-state index >= 15 is 0 Å². The number of fused-ring (bicyclic) bond motifs is 5. The van der Waals surface area contributed by atoms with Crippen molar-refractivity contribution in [3.05, 3.63) is 109 Å². The molecule has 0 N–H and O–H groups in total. The van der Waals surface area contributed by atoms with Gasteiger partial charge in [0, 0.05) is 22.2 Å². The van der Waals surface area contributed by atoms with Crippen molar-refractivity contribution in [2.45, 2.75) is 31.8 Å². The number of nitrogens with zero attached hydrogens (tertiary/aromatic N) is 2. The van der Waals surface area contributed by atoms with E-state index in [0.717, 1.165) is 12.0 Å². The van der Waals surface area contributed by atoms with Crippen LogP contribution >= 0.6 is 23.2 Å². The third-order valence-electron chi connectivity index (χ3n) is 7.22. The van der Waals surface area contributed by atoms with Gasteiger partial charge in [-0.25, -0.2) is 0 Å². The number of carbonyl (C=O) groups is 2. The van der Waals surface area contributed by atoms with Crippen LogP contribution in [0.25, 0.3) is 11.0 Å². The fourth-order valence-electron chi connectivity index (χ4n) is 5.53. The van der Waals surface area contributed by atoms with E-state index in [2.05, 4.69) is 0 Å². The first-order chi connectivity index (χ1) is 17.9. The summed E-state index contributed by atoms with van der Waals surface area (Å²) in [7, 11) is 0. The van der Waals surface area contributed by atoms with Crippen molar-refractivity contribution in [1.82, 2.24) is 4.90 Å². The first-order valence-electron chi connectivity index (χ1n) is 12.1. The molecule has 4 aromatic rings. The fourth-order valence-corrected chi connectivity index (χ4v) is 5.90. The first-order valence-corrected chi connectivity index (χ1v) is 12.9. The lowest BCUT2D eigenvalue weighted by Gasteiger charge is -2.34. The maximum absolute atomic E-state index is 14.6. The zero-order valence-electron chi connectivity index (χ0n) is 20.0. The predicted molar refractivity (Wildman–Crippen MR) is 143 cm³/mol. The maximum Gasteiger partial charge on any atom is 0.291 e. The minimum atomic E-state index is -1.64. The zero-order valence-corrected chi connectivity index (χ0v) is 21.5. The Morgan fingerprint density at radius 2 is 1.70 bits per heavy atom. The standard InChI is InChI=1S/C29H22Cl2N2O4/c1-2-3-14-33-27(35)26-24(25(34)19-15-18(30)12-13-23(19)37-26)29(33)20-9-5-7-11-22(20)32(28(29)36)16-17-8-4-6-10-21(17)31/h4-13,15H,2-3,14,16H2,1H3. The Labute approximate surface area is 223 Å². The van der Waals surface area contributed by atoms with E-state index in [-0.39, 0.29) is 41.3 Å². The molecule has 0 bridgehead atoms. The molecular weight excluding hydrogens is 511 g/mol. The third-order valence-corrected chi connectivity index (χ3v) is 7.82. The van der Waals surface area contributed by atoms with Gasteiger partial charge < -0.3 is 14.2 Å². The highest BCUT2D eigenvalue weighted by Gasteiger charge is 2.64. The summed E-state index contributed by atoms with van der Waals surface area (Å²) >= 11 is 12.7. The average Bonchev–Trinajstić information content (AvgIpc) is 3.29. The Kier molecular flexibility index (Phi) is 5.62. The van der Waals surface area contributed by atoms with E-state index in [4.69, 9.17) is 27.6 Å². The van der Waals surface area contributed by atoms with Crippen molar-refractivity contribution in [2.75, 3.05) is 11.4 Å². The van der Waals surface area contributed by atoms with Crippen LogP contribution in [0.1, 0.15) is 47.0 Å². The lowest BCUT2D eigenvalue weighted by molar-refractivity contribution is -0.126. The van der Waals surface area contributed by atoms with Crippen LogP contribution in [0.4, 0.5) is 5.69 Å². The van der Waals surface area contributed by atoms with Crippen LogP contribution in [0, 0.1) is 0 Å². The van der Waals surface area contributed by atoms with Gasteiger partial charge in [-0.05, 0) is 42.3 Å². The van der Waals surface area contributed by atoms with E-state index < -0.39 is 16.9 Å². The monoisotopic (exact) mass is 532 g/mol. The number of halogens is 2. The SMILES string of the molecule is CCCCN1C(=O)c2oc3ccc(Cl)cc3c(=O)c2C12C(=O)N(Cc1ccccc1Cl)c1ccccc12.